The quantitative estimate of drug-likeness (QED) is 0.798. The third-order valence-corrected chi connectivity index (χ3v) is 3.79. The predicted molar refractivity (Wildman–Crippen MR) is 82.8 cm³/mol. The minimum Gasteiger partial charge on any atom is -0.481 e. The van der Waals surface area contributed by atoms with Crippen molar-refractivity contribution in [3.63, 3.8) is 0 Å². The molecule has 6 nitrogen and oxygen atoms in total. The van der Waals surface area contributed by atoms with E-state index in [9.17, 15) is 4.79 Å². The van der Waals surface area contributed by atoms with Gasteiger partial charge in [0.25, 0.3) is 0 Å². The van der Waals surface area contributed by atoms with Gasteiger partial charge in [0.05, 0.1) is 24.4 Å². The molecule has 0 aliphatic carbocycles. The summed E-state index contributed by atoms with van der Waals surface area (Å²) >= 11 is 1.28. The van der Waals surface area contributed by atoms with Crippen molar-refractivity contribution < 1.29 is 14.3 Å². The zero-order chi connectivity index (χ0) is 15.2. The molecule has 2 heterocycles. The Morgan fingerprint density at radius 1 is 1.48 bits per heavy atom. The maximum absolute atomic E-state index is 11.7. The second-order valence-electron chi connectivity index (χ2n) is 4.18. The van der Waals surface area contributed by atoms with Gasteiger partial charge in [0.15, 0.2) is 0 Å². The van der Waals surface area contributed by atoms with Gasteiger partial charge in [0.2, 0.25) is 5.88 Å². The zero-order valence-electron chi connectivity index (χ0n) is 11.9. The SMILES string of the molecule is CCOC(=O)c1sc(NCc2ccnc(OC)c2)cc1N. The van der Waals surface area contributed by atoms with Gasteiger partial charge in [0.1, 0.15) is 4.88 Å². The van der Waals surface area contributed by atoms with Crippen molar-refractivity contribution in [3.05, 3.63) is 34.8 Å². The monoisotopic (exact) mass is 307 g/mol. The number of thiophene rings is 1. The molecule has 0 unspecified atom stereocenters. The number of esters is 1. The highest BCUT2D eigenvalue weighted by molar-refractivity contribution is 7.18. The molecule has 0 aromatic carbocycles. The van der Waals surface area contributed by atoms with Gasteiger partial charge in [-0.25, -0.2) is 9.78 Å². The number of carbonyl (C=O) groups excluding carboxylic acids is 1. The van der Waals surface area contributed by atoms with Crippen LogP contribution in [0.15, 0.2) is 24.4 Å². The van der Waals surface area contributed by atoms with Gasteiger partial charge in [-0.3, -0.25) is 0 Å². The highest BCUT2D eigenvalue weighted by Gasteiger charge is 2.15. The number of carbonyl (C=O) groups is 1. The van der Waals surface area contributed by atoms with E-state index >= 15 is 0 Å². The van der Waals surface area contributed by atoms with E-state index in [1.165, 1.54) is 11.3 Å². The van der Waals surface area contributed by atoms with E-state index < -0.39 is 5.97 Å². The van der Waals surface area contributed by atoms with E-state index in [1.807, 2.05) is 12.1 Å². The number of nitrogens with one attached hydrogen (secondary N) is 1. The fourth-order valence-corrected chi connectivity index (χ4v) is 2.58. The second-order valence-corrected chi connectivity index (χ2v) is 5.23. The largest absolute Gasteiger partial charge is 0.481 e. The Morgan fingerprint density at radius 3 is 3.00 bits per heavy atom. The number of nitrogens with two attached hydrogens (primary N) is 1. The lowest BCUT2D eigenvalue weighted by atomic mass is 10.2. The Kier molecular flexibility index (Phi) is 4.99. The summed E-state index contributed by atoms with van der Waals surface area (Å²) in [6, 6.07) is 5.46. The minimum absolute atomic E-state index is 0.329. The smallest absolute Gasteiger partial charge is 0.350 e. The van der Waals surface area contributed by atoms with Gasteiger partial charge >= 0.3 is 5.97 Å². The van der Waals surface area contributed by atoms with Crippen molar-refractivity contribution >= 4 is 28.0 Å². The van der Waals surface area contributed by atoms with E-state index in [2.05, 4.69) is 10.3 Å². The molecule has 0 amide bonds. The maximum Gasteiger partial charge on any atom is 0.350 e. The van der Waals surface area contributed by atoms with Crippen molar-refractivity contribution in [3.8, 4) is 5.88 Å². The first-order chi connectivity index (χ1) is 10.1. The Hall–Kier alpha value is -2.28. The molecule has 0 aliphatic rings. The average molecular weight is 307 g/mol. The summed E-state index contributed by atoms with van der Waals surface area (Å²) in [4.78, 5) is 16.2. The van der Waals surface area contributed by atoms with E-state index in [-0.39, 0.29) is 0 Å². The standard InChI is InChI=1S/C14H17N3O3S/c1-3-20-14(18)13-10(15)7-12(21-13)17-8-9-4-5-16-11(6-9)19-2/h4-7,17H,3,8,15H2,1-2H3. The summed E-state index contributed by atoms with van der Waals surface area (Å²) in [7, 11) is 1.57. The average Bonchev–Trinajstić information content (AvgIpc) is 2.87. The molecular formula is C14H17N3O3S. The third-order valence-electron chi connectivity index (χ3n) is 2.70. The van der Waals surface area contributed by atoms with E-state index in [0.29, 0.717) is 29.6 Å². The topological polar surface area (TPSA) is 86.5 Å². The summed E-state index contributed by atoms with van der Waals surface area (Å²) < 4.78 is 10.0. The second kappa shape index (κ2) is 6.94. The molecule has 0 atom stereocenters. The van der Waals surface area contributed by atoms with Gasteiger partial charge in [-0.1, -0.05) is 0 Å². The number of ether oxygens (including phenoxy) is 2. The predicted octanol–water partition coefficient (Wildman–Crippen LogP) is 2.52. The molecule has 112 valence electrons. The van der Waals surface area contributed by atoms with Crippen LogP contribution < -0.4 is 15.8 Å². The van der Waals surface area contributed by atoms with Crippen LogP contribution in [0.1, 0.15) is 22.2 Å². The third kappa shape index (κ3) is 3.85. The highest BCUT2D eigenvalue weighted by Crippen LogP contribution is 2.30. The molecule has 2 rings (SSSR count). The molecule has 0 radical (unpaired) electrons. The molecule has 0 bridgehead atoms. The van der Waals surface area contributed by atoms with Crippen molar-refractivity contribution in [2.45, 2.75) is 13.5 Å². The summed E-state index contributed by atoms with van der Waals surface area (Å²) in [5.41, 5.74) is 7.27. The Morgan fingerprint density at radius 2 is 2.29 bits per heavy atom. The van der Waals surface area contributed by atoms with Crippen LogP contribution in [0.5, 0.6) is 5.88 Å². The summed E-state index contributed by atoms with van der Waals surface area (Å²) in [6.45, 7) is 2.68. The lowest BCUT2D eigenvalue weighted by molar-refractivity contribution is 0.0533. The van der Waals surface area contributed by atoms with Gasteiger partial charge in [-0.2, -0.15) is 0 Å². The number of aromatic nitrogens is 1. The number of nitrogens with zero attached hydrogens (tertiary/aromatic N) is 1. The molecule has 0 fully saturated rings. The molecule has 7 heteroatoms. The van der Waals surface area contributed by atoms with Crippen LogP contribution in [-0.4, -0.2) is 24.7 Å². The fourth-order valence-electron chi connectivity index (χ4n) is 1.71. The molecule has 21 heavy (non-hydrogen) atoms. The van der Waals surface area contributed by atoms with Crippen molar-refractivity contribution in [1.29, 1.82) is 0 Å². The Labute approximate surface area is 126 Å². The number of hydrogen-bond donors (Lipinski definition) is 2. The number of anilines is 2. The number of rotatable bonds is 6. The maximum atomic E-state index is 11.7. The molecule has 0 saturated carbocycles. The Balaban J connectivity index is 2.03. The molecule has 2 aromatic heterocycles. The van der Waals surface area contributed by atoms with Gasteiger partial charge in [-0.05, 0) is 24.6 Å². The summed E-state index contributed by atoms with van der Waals surface area (Å²) in [5, 5.41) is 4.03. The van der Waals surface area contributed by atoms with Crippen LogP contribution in [0.25, 0.3) is 0 Å². The summed E-state index contributed by atoms with van der Waals surface area (Å²) in [5.74, 6) is 0.172. The van der Waals surface area contributed by atoms with Gasteiger partial charge in [-0.15, -0.1) is 11.3 Å². The normalized spacial score (nSPS) is 10.2. The molecular weight excluding hydrogens is 290 g/mol. The van der Waals surface area contributed by atoms with Crippen LogP contribution in [0.4, 0.5) is 10.7 Å². The molecule has 0 saturated heterocycles. The first-order valence-corrected chi connectivity index (χ1v) is 7.25. The first-order valence-electron chi connectivity index (χ1n) is 6.43. The number of nitrogen functional groups attached to an aromatic ring is 1. The van der Waals surface area contributed by atoms with E-state index in [4.69, 9.17) is 15.2 Å². The van der Waals surface area contributed by atoms with Crippen LogP contribution >= 0.6 is 11.3 Å². The van der Waals surface area contributed by atoms with Crippen LogP contribution in [-0.2, 0) is 11.3 Å². The number of pyridine rings is 1. The lowest BCUT2D eigenvalue weighted by Crippen LogP contribution is -2.04. The fraction of sp³-hybridized carbons (Fsp3) is 0.286. The van der Waals surface area contributed by atoms with Crippen LogP contribution in [0.3, 0.4) is 0 Å². The van der Waals surface area contributed by atoms with Crippen molar-refractivity contribution in [2.75, 3.05) is 24.8 Å². The zero-order valence-corrected chi connectivity index (χ0v) is 12.7. The van der Waals surface area contributed by atoms with E-state index in [0.717, 1.165) is 10.6 Å². The van der Waals surface area contributed by atoms with Crippen molar-refractivity contribution in [2.24, 2.45) is 0 Å². The lowest BCUT2D eigenvalue weighted by Gasteiger charge is -2.05. The molecule has 0 spiro atoms. The Bertz CT molecular complexity index is 628. The molecule has 3 N–H and O–H groups in total. The van der Waals surface area contributed by atoms with Crippen LogP contribution in [0, 0.1) is 0 Å². The number of methoxy groups -OCH3 is 1. The summed E-state index contributed by atoms with van der Waals surface area (Å²) in [6.07, 6.45) is 1.68. The first kappa shape index (κ1) is 15.1. The highest BCUT2D eigenvalue weighted by atomic mass is 32.1. The minimum atomic E-state index is -0.390. The molecule has 2 aromatic rings. The van der Waals surface area contributed by atoms with Gasteiger partial charge in [0, 0.05) is 18.8 Å². The van der Waals surface area contributed by atoms with E-state index in [1.54, 1.807) is 26.3 Å². The number of hydrogen-bond acceptors (Lipinski definition) is 7. The van der Waals surface area contributed by atoms with Crippen molar-refractivity contribution in [1.82, 2.24) is 4.98 Å². The van der Waals surface area contributed by atoms with Crippen LogP contribution in [0.2, 0.25) is 0 Å². The van der Waals surface area contributed by atoms with Gasteiger partial charge < -0.3 is 20.5 Å². The molecule has 0 aliphatic heterocycles.